The van der Waals surface area contributed by atoms with Crippen LogP contribution in [0.1, 0.15) is 43.4 Å². The second-order valence-electron chi connectivity index (χ2n) is 9.36. The Bertz CT molecular complexity index is 1080. The van der Waals surface area contributed by atoms with E-state index in [9.17, 15) is 22.4 Å². The van der Waals surface area contributed by atoms with E-state index in [2.05, 4.69) is 16.9 Å². The van der Waals surface area contributed by atoms with Gasteiger partial charge in [0.05, 0.1) is 10.6 Å². The number of aromatic nitrogens is 1. The molecular weight excluding hydrogens is 484 g/mol. The van der Waals surface area contributed by atoms with E-state index in [0.29, 0.717) is 37.7 Å². The number of hydrogen-bond acceptors (Lipinski definition) is 4. The summed E-state index contributed by atoms with van der Waals surface area (Å²) in [5.41, 5.74) is -0.0778. The smallest absolute Gasteiger partial charge is 0.345 e. The van der Waals surface area contributed by atoms with Crippen LogP contribution in [-0.4, -0.2) is 54.6 Å². The summed E-state index contributed by atoms with van der Waals surface area (Å²) in [4.78, 5) is 23.7. The number of benzene rings is 1. The van der Waals surface area contributed by atoms with Crippen LogP contribution in [0.2, 0.25) is 5.02 Å². The van der Waals surface area contributed by atoms with Crippen LogP contribution in [0.25, 0.3) is 0 Å². The van der Waals surface area contributed by atoms with Crippen molar-refractivity contribution in [1.29, 1.82) is 0 Å². The lowest BCUT2D eigenvalue weighted by Gasteiger charge is -2.32. The quantitative estimate of drug-likeness (QED) is 0.466. The molecule has 0 aliphatic carbocycles. The Labute approximate surface area is 207 Å². The van der Waals surface area contributed by atoms with Crippen LogP contribution in [0.4, 0.5) is 29.1 Å². The number of hydrogen-bond donors (Lipinski definition) is 0. The number of amides is 1. The first-order chi connectivity index (χ1) is 16.5. The highest BCUT2D eigenvalue weighted by Gasteiger charge is 2.38. The third-order valence-corrected chi connectivity index (χ3v) is 7.23. The van der Waals surface area contributed by atoms with Gasteiger partial charge in [-0.3, -0.25) is 4.79 Å². The lowest BCUT2D eigenvalue weighted by atomic mass is 10.1. The first kappa shape index (κ1) is 25.7. The minimum absolute atomic E-state index is 0.0864. The van der Waals surface area contributed by atoms with E-state index in [-0.39, 0.29) is 22.4 Å². The van der Waals surface area contributed by atoms with Gasteiger partial charge in [0.25, 0.3) is 0 Å². The minimum atomic E-state index is -4.51. The third kappa shape index (κ3) is 5.72. The molecule has 2 aliphatic rings. The maximum Gasteiger partial charge on any atom is 0.416 e. The molecule has 0 spiro atoms. The summed E-state index contributed by atoms with van der Waals surface area (Å²) < 4.78 is 54.1. The number of carbonyl (C=O) groups is 1. The van der Waals surface area contributed by atoms with Gasteiger partial charge < -0.3 is 14.7 Å². The summed E-state index contributed by atoms with van der Waals surface area (Å²) in [6, 6.07) is 5.84. The van der Waals surface area contributed by atoms with Crippen molar-refractivity contribution in [1.82, 2.24) is 9.88 Å². The van der Waals surface area contributed by atoms with E-state index in [1.54, 1.807) is 9.80 Å². The van der Waals surface area contributed by atoms with Crippen LogP contribution < -0.4 is 9.80 Å². The standard InChI is InChI=1S/C25H29ClF4N4O/c1-16-13-17(25(28,29)30)14-23(31-16)34-11-4-6-22(34)24(35)33(12-9-18-5-3-10-32(18)2)19-7-8-21(27)20(26)15-19/h7-8,13-15,18,22H,3-6,9-12H2,1-2H3/t18?,22-/m0/s1. The second-order valence-corrected chi connectivity index (χ2v) is 9.77. The molecular formula is C25H29ClF4N4O. The number of halogens is 5. The minimum Gasteiger partial charge on any atom is -0.345 e. The molecule has 0 N–H and O–H groups in total. The Hall–Kier alpha value is -2.39. The molecule has 0 bridgehead atoms. The highest BCUT2D eigenvalue weighted by molar-refractivity contribution is 6.31. The fourth-order valence-corrected chi connectivity index (χ4v) is 5.26. The molecule has 35 heavy (non-hydrogen) atoms. The van der Waals surface area contributed by atoms with Crippen molar-refractivity contribution in [2.75, 3.05) is 36.5 Å². The van der Waals surface area contributed by atoms with Crippen molar-refractivity contribution < 1.29 is 22.4 Å². The van der Waals surface area contributed by atoms with Gasteiger partial charge in [0.1, 0.15) is 17.7 Å². The molecule has 0 radical (unpaired) electrons. The lowest BCUT2D eigenvalue weighted by molar-refractivity contribution is -0.137. The van der Waals surface area contributed by atoms with Crippen LogP contribution in [0, 0.1) is 12.7 Å². The van der Waals surface area contributed by atoms with E-state index in [1.807, 2.05) is 0 Å². The van der Waals surface area contributed by atoms with Gasteiger partial charge in [-0.25, -0.2) is 9.37 Å². The third-order valence-electron chi connectivity index (χ3n) is 6.94. The summed E-state index contributed by atoms with van der Waals surface area (Å²) in [6.45, 7) is 3.33. The molecule has 3 heterocycles. The molecule has 0 saturated carbocycles. The number of rotatable bonds is 6. The van der Waals surface area contributed by atoms with Crippen LogP contribution in [-0.2, 0) is 11.0 Å². The molecule has 2 saturated heterocycles. The van der Waals surface area contributed by atoms with Crippen molar-refractivity contribution in [2.45, 2.75) is 57.3 Å². The van der Waals surface area contributed by atoms with Gasteiger partial charge in [-0.2, -0.15) is 13.2 Å². The van der Waals surface area contributed by atoms with Crippen molar-refractivity contribution in [2.24, 2.45) is 0 Å². The van der Waals surface area contributed by atoms with Crippen LogP contribution in [0.5, 0.6) is 0 Å². The van der Waals surface area contributed by atoms with E-state index in [1.165, 1.54) is 25.1 Å². The van der Waals surface area contributed by atoms with E-state index in [0.717, 1.165) is 37.9 Å². The van der Waals surface area contributed by atoms with Gasteiger partial charge in [0.15, 0.2) is 0 Å². The molecule has 1 aromatic heterocycles. The number of pyridine rings is 1. The summed E-state index contributed by atoms with van der Waals surface area (Å²) in [5.74, 6) is -0.687. The van der Waals surface area contributed by atoms with E-state index >= 15 is 0 Å². The average molecular weight is 513 g/mol. The van der Waals surface area contributed by atoms with E-state index in [4.69, 9.17) is 11.6 Å². The predicted octanol–water partition coefficient (Wildman–Crippen LogP) is 5.69. The van der Waals surface area contributed by atoms with E-state index < -0.39 is 23.6 Å². The Morgan fingerprint density at radius 1 is 1.17 bits per heavy atom. The summed E-state index contributed by atoms with van der Waals surface area (Å²) in [6.07, 6.45) is -0.516. The normalized spacial score (nSPS) is 21.1. The SMILES string of the molecule is Cc1cc(C(F)(F)F)cc(N2CCC[C@H]2C(=O)N(CCC2CCCN2C)c2ccc(F)c(Cl)c2)n1. The summed E-state index contributed by atoms with van der Waals surface area (Å²) >= 11 is 6.03. The van der Waals surface area contributed by atoms with Crippen molar-refractivity contribution in [3.63, 3.8) is 0 Å². The highest BCUT2D eigenvalue weighted by atomic mass is 35.5. The van der Waals surface area contributed by atoms with Crippen molar-refractivity contribution >= 4 is 29.0 Å². The number of likely N-dealkylation sites (tertiary alicyclic amines) is 1. The maximum absolute atomic E-state index is 13.9. The van der Waals surface area contributed by atoms with Gasteiger partial charge in [0, 0.05) is 30.5 Å². The van der Waals surface area contributed by atoms with Crippen molar-refractivity contribution in [3.8, 4) is 0 Å². The Morgan fingerprint density at radius 3 is 2.57 bits per heavy atom. The number of carbonyl (C=O) groups excluding carboxylic acids is 1. The number of aryl methyl sites for hydroxylation is 1. The monoisotopic (exact) mass is 512 g/mol. The maximum atomic E-state index is 13.9. The molecule has 5 nitrogen and oxygen atoms in total. The molecule has 1 amide bonds. The van der Waals surface area contributed by atoms with Gasteiger partial charge in [0.2, 0.25) is 5.91 Å². The molecule has 2 aliphatic heterocycles. The zero-order chi connectivity index (χ0) is 25.3. The number of anilines is 2. The topological polar surface area (TPSA) is 39.7 Å². The van der Waals surface area contributed by atoms with Gasteiger partial charge in [-0.15, -0.1) is 0 Å². The molecule has 2 atom stereocenters. The Balaban J connectivity index is 1.63. The number of alkyl halides is 3. The second kappa shape index (κ2) is 10.3. The first-order valence-electron chi connectivity index (χ1n) is 11.8. The van der Waals surface area contributed by atoms with Crippen LogP contribution in [0.3, 0.4) is 0 Å². The highest BCUT2D eigenvalue weighted by Crippen LogP contribution is 2.35. The molecule has 4 rings (SSSR count). The fraction of sp³-hybridized carbons (Fsp3) is 0.520. The van der Waals surface area contributed by atoms with Gasteiger partial charge in [-0.05, 0) is 83.0 Å². The Kier molecular flexibility index (Phi) is 7.57. The summed E-state index contributed by atoms with van der Waals surface area (Å²) in [5, 5.41) is -0.0864. The molecule has 1 unspecified atom stereocenters. The van der Waals surface area contributed by atoms with Crippen molar-refractivity contribution in [3.05, 3.63) is 52.4 Å². The summed E-state index contributed by atoms with van der Waals surface area (Å²) in [7, 11) is 2.05. The van der Waals surface area contributed by atoms with Gasteiger partial charge >= 0.3 is 6.18 Å². The zero-order valence-corrected chi connectivity index (χ0v) is 20.5. The van der Waals surface area contributed by atoms with Gasteiger partial charge in [-0.1, -0.05) is 11.6 Å². The van der Waals surface area contributed by atoms with Crippen LogP contribution >= 0.6 is 11.6 Å². The fourth-order valence-electron chi connectivity index (χ4n) is 5.08. The average Bonchev–Trinajstić information content (AvgIpc) is 3.44. The lowest BCUT2D eigenvalue weighted by Crippen LogP contribution is -2.47. The largest absolute Gasteiger partial charge is 0.416 e. The molecule has 10 heteroatoms. The molecule has 1 aromatic carbocycles. The predicted molar refractivity (Wildman–Crippen MR) is 128 cm³/mol. The zero-order valence-electron chi connectivity index (χ0n) is 19.8. The van der Waals surface area contributed by atoms with Crippen LogP contribution in [0.15, 0.2) is 30.3 Å². The molecule has 190 valence electrons. The molecule has 2 aromatic rings. The molecule has 2 fully saturated rings. The number of nitrogens with zero attached hydrogens (tertiary/aromatic N) is 4. The first-order valence-corrected chi connectivity index (χ1v) is 12.2. The Morgan fingerprint density at radius 2 is 1.91 bits per heavy atom.